The Labute approximate surface area is 123 Å². The van der Waals surface area contributed by atoms with Crippen molar-refractivity contribution in [3.05, 3.63) is 30.3 Å². The molecule has 0 spiro atoms. The average Bonchev–Trinajstić information content (AvgIpc) is 2.65. The molecule has 0 radical (unpaired) electrons. The van der Waals surface area contributed by atoms with Gasteiger partial charge in [-0.3, -0.25) is 9.59 Å². The van der Waals surface area contributed by atoms with Crippen LogP contribution in [-0.2, 0) is 9.59 Å². The van der Waals surface area contributed by atoms with Crippen LogP contribution in [0.2, 0.25) is 0 Å². The monoisotopic (exact) mass is 292 g/mol. The summed E-state index contributed by atoms with van der Waals surface area (Å²) in [5, 5.41) is 5.47. The van der Waals surface area contributed by atoms with Gasteiger partial charge in [0.05, 0.1) is 5.25 Å². The Morgan fingerprint density at radius 3 is 2.85 bits per heavy atom. The molecule has 5 heteroatoms. The van der Waals surface area contributed by atoms with Crippen LogP contribution in [-0.4, -0.2) is 29.7 Å². The molecule has 20 heavy (non-hydrogen) atoms. The van der Waals surface area contributed by atoms with E-state index < -0.39 is 0 Å². The first-order valence-corrected chi connectivity index (χ1v) is 7.84. The molecule has 0 aliphatic carbocycles. The van der Waals surface area contributed by atoms with Crippen molar-refractivity contribution >= 4 is 23.6 Å². The van der Waals surface area contributed by atoms with E-state index in [0.29, 0.717) is 6.54 Å². The van der Waals surface area contributed by atoms with Gasteiger partial charge in [-0.25, -0.2) is 0 Å². The summed E-state index contributed by atoms with van der Waals surface area (Å²) in [5.41, 5.74) is 0. The van der Waals surface area contributed by atoms with Gasteiger partial charge in [-0.2, -0.15) is 0 Å². The van der Waals surface area contributed by atoms with Crippen LogP contribution >= 0.6 is 11.8 Å². The van der Waals surface area contributed by atoms with Crippen molar-refractivity contribution in [3.8, 4) is 0 Å². The molecule has 1 aromatic carbocycles. The lowest BCUT2D eigenvalue weighted by atomic mass is 10.1. The lowest BCUT2D eigenvalue weighted by molar-refractivity contribution is -0.128. The smallest absolute Gasteiger partial charge is 0.242 e. The Morgan fingerprint density at radius 1 is 1.35 bits per heavy atom. The normalized spacial score (nSPS) is 20.6. The van der Waals surface area contributed by atoms with Gasteiger partial charge in [0.15, 0.2) is 0 Å². The highest BCUT2D eigenvalue weighted by molar-refractivity contribution is 8.00. The largest absolute Gasteiger partial charge is 0.354 e. The van der Waals surface area contributed by atoms with Crippen LogP contribution in [0.3, 0.4) is 0 Å². The zero-order chi connectivity index (χ0) is 14.4. The van der Waals surface area contributed by atoms with Crippen LogP contribution in [0.5, 0.6) is 0 Å². The molecular formula is C15H20N2O2S. The van der Waals surface area contributed by atoms with Crippen LogP contribution in [0.4, 0.5) is 0 Å². The second kappa shape index (κ2) is 7.33. The zero-order valence-electron chi connectivity index (χ0n) is 11.6. The van der Waals surface area contributed by atoms with Gasteiger partial charge >= 0.3 is 0 Å². The predicted octanol–water partition coefficient (Wildman–Crippen LogP) is 1.95. The van der Waals surface area contributed by atoms with E-state index in [9.17, 15) is 9.59 Å². The molecule has 2 rings (SSSR count). The number of benzene rings is 1. The summed E-state index contributed by atoms with van der Waals surface area (Å²) in [6.45, 7) is 2.57. The number of hydrogen-bond donors (Lipinski definition) is 2. The highest BCUT2D eigenvalue weighted by Crippen LogP contribution is 2.22. The van der Waals surface area contributed by atoms with Gasteiger partial charge < -0.3 is 10.6 Å². The van der Waals surface area contributed by atoms with Gasteiger partial charge in [-0.05, 0) is 38.3 Å². The van der Waals surface area contributed by atoms with Gasteiger partial charge in [-0.1, -0.05) is 18.2 Å². The van der Waals surface area contributed by atoms with E-state index in [0.717, 1.165) is 24.2 Å². The fraction of sp³-hybridized carbons (Fsp3) is 0.467. The minimum absolute atomic E-state index is 0.0623. The first-order chi connectivity index (χ1) is 9.66. The maximum atomic E-state index is 12.2. The van der Waals surface area contributed by atoms with E-state index in [1.165, 1.54) is 11.8 Å². The van der Waals surface area contributed by atoms with Crippen molar-refractivity contribution in [3.63, 3.8) is 0 Å². The fourth-order valence-corrected chi connectivity index (χ4v) is 3.02. The Bertz CT molecular complexity index is 464. The number of hydrogen-bond acceptors (Lipinski definition) is 3. The topological polar surface area (TPSA) is 58.2 Å². The van der Waals surface area contributed by atoms with E-state index in [-0.39, 0.29) is 23.1 Å². The van der Waals surface area contributed by atoms with E-state index in [1.807, 2.05) is 37.3 Å². The van der Waals surface area contributed by atoms with Gasteiger partial charge in [0, 0.05) is 11.4 Å². The van der Waals surface area contributed by atoms with E-state index in [4.69, 9.17) is 0 Å². The first-order valence-electron chi connectivity index (χ1n) is 6.96. The van der Waals surface area contributed by atoms with Gasteiger partial charge in [0.25, 0.3) is 0 Å². The molecule has 1 saturated heterocycles. The lowest BCUT2D eigenvalue weighted by Crippen LogP contribution is -2.47. The minimum atomic E-state index is -0.385. The molecule has 2 atom stereocenters. The molecule has 0 bridgehead atoms. The minimum Gasteiger partial charge on any atom is -0.354 e. The van der Waals surface area contributed by atoms with Gasteiger partial charge in [-0.15, -0.1) is 11.8 Å². The number of carbonyl (C=O) groups excluding carboxylic acids is 2. The second-order valence-electron chi connectivity index (χ2n) is 4.92. The molecular weight excluding hydrogens is 272 g/mol. The molecule has 0 unspecified atom stereocenters. The summed E-state index contributed by atoms with van der Waals surface area (Å²) >= 11 is 1.50. The number of thioether (sulfide) groups is 1. The Hall–Kier alpha value is -1.49. The first kappa shape index (κ1) is 14.9. The molecule has 108 valence electrons. The van der Waals surface area contributed by atoms with Crippen LogP contribution in [0.1, 0.15) is 26.2 Å². The zero-order valence-corrected chi connectivity index (χ0v) is 12.4. The third-order valence-corrected chi connectivity index (χ3v) is 4.39. The van der Waals surface area contributed by atoms with Crippen molar-refractivity contribution in [2.75, 3.05) is 6.54 Å². The van der Waals surface area contributed by atoms with Crippen molar-refractivity contribution in [2.24, 2.45) is 0 Å². The number of amides is 2. The molecule has 0 saturated carbocycles. The van der Waals surface area contributed by atoms with Crippen molar-refractivity contribution < 1.29 is 9.59 Å². The quantitative estimate of drug-likeness (QED) is 0.834. The number of rotatable bonds is 4. The molecule has 2 N–H and O–H groups in total. The lowest BCUT2D eigenvalue weighted by Gasteiger charge is -2.18. The standard InChI is InChI=1S/C15H20N2O2S/c1-11(20-12-7-3-2-4-8-12)14(18)17-13-9-5-6-10-16-15(13)19/h2-4,7-8,11,13H,5-6,9-10H2,1H3,(H,16,19)(H,17,18)/t11-,13+/m0/s1. The summed E-state index contributed by atoms with van der Waals surface area (Å²) in [6.07, 6.45) is 2.66. The molecule has 4 nitrogen and oxygen atoms in total. The van der Waals surface area contributed by atoms with Crippen molar-refractivity contribution in [1.82, 2.24) is 10.6 Å². The summed E-state index contributed by atoms with van der Waals surface area (Å²) in [4.78, 5) is 25.0. The van der Waals surface area contributed by atoms with E-state index >= 15 is 0 Å². The van der Waals surface area contributed by atoms with Gasteiger partial charge in [0.2, 0.25) is 11.8 Å². The van der Waals surface area contributed by atoms with Gasteiger partial charge in [0.1, 0.15) is 6.04 Å². The molecule has 1 aliphatic heterocycles. The summed E-state index contributed by atoms with van der Waals surface area (Å²) < 4.78 is 0. The van der Waals surface area contributed by atoms with Crippen molar-refractivity contribution in [2.45, 2.75) is 42.4 Å². The summed E-state index contributed by atoms with van der Waals surface area (Å²) in [5.74, 6) is -0.145. The molecule has 0 aromatic heterocycles. The maximum absolute atomic E-state index is 12.2. The van der Waals surface area contributed by atoms with Crippen LogP contribution < -0.4 is 10.6 Å². The average molecular weight is 292 g/mol. The van der Waals surface area contributed by atoms with Crippen LogP contribution in [0, 0.1) is 0 Å². The maximum Gasteiger partial charge on any atom is 0.242 e. The highest BCUT2D eigenvalue weighted by Gasteiger charge is 2.24. The predicted molar refractivity (Wildman–Crippen MR) is 80.6 cm³/mol. The molecule has 1 aliphatic rings. The SMILES string of the molecule is C[C@H](Sc1ccccc1)C(=O)N[C@@H]1CCCCNC1=O. The Morgan fingerprint density at radius 2 is 2.10 bits per heavy atom. The van der Waals surface area contributed by atoms with Crippen LogP contribution in [0.15, 0.2) is 35.2 Å². The molecule has 1 fully saturated rings. The Balaban J connectivity index is 1.88. The third-order valence-electron chi connectivity index (χ3n) is 3.28. The number of nitrogens with one attached hydrogen (secondary N) is 2. The van der Waals surface area contributed by atoms with E-state index in [1.54, 1.807) is 0 Å². The molecule has 1 aromatic rings. The van der Waals surface area contributed by atoms with Crippen molar-refractivity contribution in [1.29, 1.82) is 0 Å². The third kappa shape index (κ3) is 4.27. The van der Waals surface area contributed by atoms with E-state index in [2.05, 4.69) is 10.6 Å². The summed E-state index contributed by atoms with van der Waals surface area (Å²) in [6, 6.07) is 9.42. The molecule has 1 heterocycles. The van der Waals surface area contributed by atoms with Crippen LogP contribution in [0.25, 0.3) is 0 Å². The number of carbonyl (C=O) groups is 2. The highest BCUT2D eigenvalue weighted by atomic mass is 32.2. The molecule has 2 amide bonds. The fourth-order valence-electron chi connectivity index (χ4n) is 2.12. The second-order valence-corrected chi connectivity index (χ2v) is 6.34. The Kier molecular flexibility index (Phi) is 5.47. The summed E-state index contributed by atoms with van der Waals surface area (Å²) in [7, 11) is 0.